The Morgan fingerprint density at radius 1 is 1.16 bits per heavy atom. The van der Waals surface area contributed by atoms with Gasteiger partial charge in [0, 0.05) is 5.41 Å². The van der Waals surface area contributed by atoms with Gasteiger partial charge < -0.3 is 9.84 Å². The van der Waals surface area contributed by atoms with Gasteiger partial charge in [0.1, 0.15) is 0 Å². The fraction of sp³-hybridized carbons (Fsp3) is 0.913. The molecular weight excluding hydrogens is 308 g/mol. The molecule has 5 saturated carbocycles. The Kier molecular flexibility index (Phi) is 3.31. The number of aliphatic hydroxyl groups excluding tert-OH is 1. The van der Waals surface area contributed by atoms with Crippen LogP contribution in [0.2, 0.25) is 0 Å². The van der Waals surface area contributed by atoms with E-state index < -0.39 is 6.29 Å². The number of hydrogen-bond acceptors (Lipinski definition) is 2. The molecule has 0 aromatic heterocycles. The molecule has 7 rings (SSSR count). The fourth-order valence-corrected chi connectivity index (χ4v) is 7.70. The van der Waals surface area contributed by atoms with Gasteiger partial charge in [0.05, 0.1) is 5.60 Å². The summed E-state index contributed by atoms with van der Waals surface area (Å²) in [5.74, 6) is 5.50. The zero-order valence-corrected chi connectivity index (χ0v) is 16.7. The first kappa shape index (κ1) is 16.8. The van der Waals surface area contributed by atoms with Crippen molar-refractivity contribution >= 4 is 0 Å². The second kappa shape index (κ2) is 4.93. The van der Waals surface area contributed by atoms with Gasteiger partial charge in [-0.2, -0.15) is 0 Å². The summed E-state index contributed by atoms with van der Waals surface area (Å²) in [5.41, 5.74) is 1.72. The van der Waals surface area contributed by atoms with E-state index in [2.05, 4.69) is 40.7 Å². The molecule has 5 fully saturated rings. The summed E-state index contributed by atoms with van der Waals surface area (Å²) in [6.07, 6.45) is 9.72. The predicted octanol–water partition coefficient (Wildman–Crippen LogP) is 5.16. The highest BCUT2D eigenvalue weighted by Crippen LogP contribution is 2.75. The molecule has 7 aliphatic carbocycles. The van der Waals surface area contributed by atoms with E-state index in [0.29, 0.717) is 0 Å². The van der Waals surface area contributed by atoms with E-state index in [4.69, 9.17) is 4.74 Å². The van der Waals surface area contributed by atoms with Crippen molar-refractivity contribution in [2.24, 2.45) is 46.3 Å². The zero-order chi connectivity index (χ0) is 17.8. The van der Waals surface area contributed by atoms with Gasteiger partial charge in [0.15, 0.2) is 6.29 Å². The van der Waals surface area contributed by atoms with E-state index >= 15 is 0 Å². The Balaban J connectivity index is 1.46. The summed E-state index contributed by atoms with van der Waals surface area (Å²) < 4.78 is 6.51. The average molecular weight is 345 g/mol. The van der Waals surface area contributed by atoms with Crippen LogP contribution in [0, 0.1) is 46.3 Å². The Morgan fingerprint density at radius 3 is 2.60 bits per heavy atom. The first-order valence-electron chi connectivity index (χ1n) is 10.7. The van der Waals surface area contributed by atoms with Gasteiger partial charge in [-0.3, -0.25) is 0 Å². The third-order valence-electron chi connectivity index (χ3n) is 9.76. The molecule has 0 amide bonds. The minimum absolute atomic E-state index is 0.179. The molecule has 8 atom stereocenters. The molecule has 8 bridgehead atoms. The molecule has 2 heteroatoms. The molecular formula is C23H36O2. The van der Waals surface area contributed by atoms with Crippen LogP contribution in [0.25, 0.3) is 0 Å². The molecule has 140 valence electrons. The van der Waals surface area contributed by atoms with Crippen LogP contribution in [0.4, 0.5) is 0 Å². The highest BCUT2D eigenvalue weighted by molar-refractivity contribution is 5.35. The van der Waals surface area contributed by atoms with Gasteiger partial charge in [-0.1, -0.05) is 32.4 Å². The fourth-order valence-electron chi connectivity index (χ4n) is 7.70. The zero-order valence-electron chi connectivity index (χ0n) is 16.7. The number of hydrogen-bond donors (Lipinski definition) is 1. The van der Waals surface area contributed by atoms with Crippen molar-refractivity contribution in [2.75, 3.05) is 0 Å². The van der Waals surface area contributed by atoms with Gasteiger partial charge in [0.2, 0.25) is 0 Å². The van der Waals surface area contributed by atoms with Crippen LogP contribution < -0.4 is 0 Å². The van der Waals surface area contributed by atoms with Crippen LogP contribution in [-0.4, -0.2) is 17.0 Å². The molecule has 0 saturated heterocycles. The Morgan fingerprint density at radius 2 is 1.88 bits per heavy atom. The second-order valence-corrected chi connectivity index (χ2v) is 11.3. The average Bonchev–Trinajstić information content (AvgIpc) is 2.85. The predicted molar refractivity (Wildman–Crippen MR) is 99.8 cm³/mol. The lowest BCUT2D eigenvalue weighted by atomic mass is 9.41. The van der Waals surface area contributed by atoms with E-state index in [9.17, 15) is 5.11 Å². The lowest BCUT2D eigenvalue weighted by Crippen LogP contribution is -2.61. The normalized spacial score (nSPS) is 48.2. The maximum atomic E-state index is 10.8. The monoisotopic (exact) mass is 344 g/mol. The topological polar surface area (TPSA) is 29.5 Å². The quantitative estimate of drug-likeness (QED) is 0.551. The molecule has 0 heterocycles. The summed E-state index contributed by atoms with van der Waals surface area (Å²) >= 11 is 0. The van der Waals surface area contributed by atoms with Crippen LogP contribution >= 0.6 is 0 Å². The summed E-state index contributed by atoms with van der Waals surface area (Å²) in [5, 5.41) is 10.8. The Hall–Kier alpha value is -0.340. The second-order valence-electron chi connectivity index (χ2n) is 11.3. The van der Waals surface area contributed by atoms with E-state index in [1.807, 2.05) is 5.57 Å². The van der Waals surface area contributed by atoms with E-state index in [0.717, 1.165) is 41.9 Å². The maximum absolute atomic E-state index is 10.8. The smallest absolute Gasteiger partial charge is 0.160 e. The molecule has 7 aliphatic rings. The summed E-state index contributed by atoms with van der Waals surface area (Å²) in [4.78, 5) is 0. The first-order valence-corrected chi connectivity index (χ1v) is 10.7. The van der Waals surface area contributed by atoms with Gasteiger partial charge in [-0.05, 0) is 93.3 Å². The summed E-state index contributed by atoms with van der Waals surface area (Å²) in [6.45, 7) is 11.0. The number of allylic oxidation sites excluding steroid dienone is 2. The van der Waals surface area contributed by atoms with E-state index in [1.165, 1.54) is 32.1 Å². The standard InChI is InChI=1S/C23H36O2/c1-6-21(2,3)20(24)25-22(4,5)23-10-13-9-16-15-8-7-14(13)17(11-23)19(15)18(16)12-23/h8,13-14,16-20,24H,6-7,9-12H2,1-5H3. The molecule has 2 nitrogen and oxygen atoms in total. The Bertz CT molecular complexity index is 618. The van der Waals surface area contributed by atoms with E-state index in [-0.39, 0.29) is 16.4 Å². The van der Waals surface area contributed by atoms with Crippen molar-refractivity contribution in [1.82, 2.24) is 0 Å². The SMILES string of the molecule is CCC(C)(C)C(O)OC(C)(C)C12CC3CC4C5=CCC3C(C1)C5C4C2. The minimum atomic E-state index is -0.671. The lowest BCUT2D eigenvalue weighted by molar-refractivity contribution is -0.277. The van der Waals surface area contributed by atoms with Crippen molar-refractivity contribution in [3.63, 3.8) is 0 Å². The third kappa shape index (κ3) is 1.99. The number of ether oxygens (including phenoxy) is 1. The highest BCUT2D eigenvalue weighted by atomic mass is 16.6. The van der Waals surface area contributed by atoms with Crippen molar-refractivity contribution < 1.29 is 9.84 Å². The molecule has 0 aromatic rings. The summed E-state index contributed by atoms with van der Waals surface area (Å²) in [7, 11) is 0. The molecule has 1 N–H and O–H groups in total. The lowest BCUT2D eigenvalue weighted by Gasteiger charge is -2.65. The van der Waals surface area contributed by atoms with Gasteiger partial charge in [-0.15, -0.1) is 0 Å². The highest BCUT2D eigenvalue weighted by Gasteiger charge is 2.69. The molecule has 0 radical (unpaired) electrons. The van der Waals surface area contributed by atoms with E-state index in [1.54, 1.807) is 0 Å². The minimum Gasteiger partial charge on any atom is -0.367 e. The number of rotatable bonds is 5. The van der Waals surface area contributed by atoms with Crippen molar-refractivity contribution in [2.45, 2.75) is 85.0 Å². The molecule has 0 aromatic carbocycles. The summed E-state index contributed by atoms with van der Waals surface area (Å²) in [6, 6.07) is 0. The maximum Gasteiger partial charge on any atom is 0.160 e. The van der Waals surface area contributed by atoms with Crippen molar-refractivity contribution in [3.8, 4) is 0 Å². The van der Waals surface area contributed by atoms with Gasteiger partial charge in [-0.25, -0.2) is 0 Å². The Labute approximate surface area is 153 Å². The van der Waals surface area contributed by atoms with Crippen LogP contribution in [0.5, 0.6) is 0 Å². The van der Waals surface area contributed by atoms with Crippen LogP contribution in [-0.2, 0) is 4.74 Å². The van der Waals surface area contributed by atoms with Crippen LogP contribution in [0.1, 0.15) is 73.1 Å². The molecule has 8 unspecified atom stereocenters. The van der Waals surface area contributed by atoms with Crippen molar-refractivity contribution in [3.05, 3.63) is 11.6 Å². The molecule has 0 aliphatic heterocycles. The van der Waals surface area contributed by atoms with Crippen LogP contribution in [0.15, 0.2) is 11.6 Å². The van der Waals surface area contributed by atoms with Gasteiger partial charge >= 0.3 is 0 Å². The van der Waals surface area contributed by atoms with Crippen LogP contribution in [0.3, 0.4) is 0 Å². The molecule has 0 spiro atoms. The largest absolute Gasteiger partial charge is 0.367 e. The third-order valence-corrected chi connectivity index (χ3v) is 9.76. The van der Waals surface area contributed by atoms with Gasteiger partial charge in [0.25, 0.3) is 0 Å². The molecule has 25 heavy (non-hydrogen) atoms. The first-order chi connectivity index (χ1) is 11.7. The van der Waals surface area contributed by atoms with Crippen molar-refractivity contribution in [1.29, 1.82) is 0 Å². The number of aliphatic hydroxyl groups is 1. The number of fused-ring (bicyclic) bond motifs is 1.